The van der Waals surface area contributed by atoms with Crippen molar-refractivity contribution in [3.05, 3.63) is 23.9 Å². The number of aromatic nitrogens is 1. The number of carbonyl (C=O) groups is 1. The minimum atomic E-state index is -0.188. The lowest BCUT2D eigenvalue weighted by Crippen LogP contribution is -2.36. The SMILES string of the molecule is COC(=O)CCc1ccc(N2CCOCC2)nc1. The lowest BCUT2D eigenvalue weighted by atomic mass is 10.1. The van der Waals surface area contributed by atoms with Crippen LogP contribution in [0.25, 0.3) is 0 Å². The Hall–Kier alpha value is -1.62. The number of rotatable bonds is 4. The maximum absolute atomic E-state index is 11.0. The number of aryl methyl sites for hydroxylation is 1. The van der Waals surface area contributed by atoms with Crippen LogP contribution >= 0.6 is 0 Å². The zero-order valence-corrected chi connectivity index (χ0v) is 10.6. The van der Waals surface area contributed by atoms with Gasteiger partial charge in [-0.3, -0.25) is 4.79 Å². The maximum atomic E-state index is 11.0. The molecule has 0 bridgehead atoms. The quantitative estimate of drug-likeness (QED) is 0.747. The van der Waals surface area contributed by atoms with E-state index in [9.17, 15) is 4.79 Å². The number of pyridine rings is 1. The van der Waals surface area contributed by atoms with Crippen LogP contribution < -0.4 is 4.90 Å². The van der Waals surface area contributed by atoms with E-state index in [0.29, 0.717) is 12.8 Å². The van der Waals surface area contributed by atoms with Gasteiger partial charge >= 0.3 is 5.97 Å². The van der Waals surface area contributed by atoms with Crippen molar-refractivity contribution in [3.63, 3.8) is 0 Å². The molecule has 1 aromatic heterocycles. The number of morpholine rings is 1. The summed E-state index contributed by atoms with van der Waals surface area (Å²) in [6.07, 6.45) is 2.89. The Morgan fingerprint density at radius 2 is 2.22 bits per heavy atom. The first-order valence-electron chi connectivity index (χ1n) is 6.14. The van der Waals surface area contributed by atoms with Gasteiger partial charge in [0.15, 0.2) is 0 Å². The predicted octanol–water partition coefficient (Wildman–Crippen LogP) is 1.02. The molecule has 2 heterocycles. The van der Waals surface area contributed by atoms with Crippen LogP contribution in [0.3, 0.4) is 0 Å². The number of nitrogens with zero attached hydrogens (tertiary/aromatic N) is 2. The van der Waals surface area contributed by atoms with E-state index in [1.54, 1.807) is 0 Å². The summed E-state index contributed by atoms with van der Waals surface area (Å²) in [7, 11) is 1.40. The number of esters is 1. The lowest BCUT2D eigenvalue weighted by molar-refractivity contribution is -0.140. The minimum Gasteiger partial charge on any atom is -0.469 e. The van der Waals surface area contributed by atoms with Gasteiger partial charge in [-0.1, -0.05) is 6.07 Å². The van der Waals surface area contributed by atoms with Crippen molar-refractivity contribution in [2.24, 2.45) is 0 Å². The summed E-state index contributed by atoms with van der Waals surface area (Å²) in [4.78, 5) is 17.7. The molecule has 0 atom stereocenters. The van der Waals surface area contributed by atoms with E-state index in [0.717, 1.165) is 37.7 Å². The van der Waals surface area contributed by atoms with E-state index in [4.69, 9.17) is 4.74 Å². The van der Waals surface area contributed by atoms with Crippen molar-refractivity contribution in [1.29, 1.82) is 0 Å². The summed E-state index contributed by atoms with van der Waals surface area (Å²) >= 11 is 0. The second-order valence-electron chi connectivity index (χ2n) is 4.20. The second-order valence-corrected chi connectivity index (χ2v) is 4.20. The molecule has 2 rings (SSSR count). The molecule has 1 aliphatic rings. The van der Waals surface area contributed by atoms with E-state index in [1.165, 1.54) is 7.11 Å². The Labute approximate surface area is 107 Å². The fraction of sp³-hybridized carbons (Fsp3) is 0.538. The van der Waals surface area contributed by atoms with Crippen LogP contribution in [0.15, 0.2) is 18.3 Å². The predicted molar refractivity (Wildman–Crippen MR) is 67.6 cm³/mol. The van der Waals surface area contributed by atoms with Gasteiger partial charge in [-0.2, -0.15) is 0 Å². The first-order valence-corrected chi connectivity index (χ1v) is 6.14. The number of ether oxygens (including phenoxy) is 2. The standard InChI is InChI=1S/C13H18N2O3/c1-17-13(16)5-3-11-2-4-12(14-10-11)15-6-8-18-9-7-15/h2,4,10H,3,5-9H2,1H3. The van der Waals surface area contributed by atoms with E-state index < -0.39 is 0 Å². The molecule has 98 valence electrons. The van der Waals surface area contributed by atoms with E-state index in [-0.39, 0.29) is 5.97 Å². The number of anilines is 1. The van der Waals surface area contributed by atoms with Gasteiger partial charge in [0.05, 0.1) is 20.3 Å². The summed E-state index contributed by atoms with van der Waals surface area (Å²) < 4.78 is 9.91. The molecule has 1 saturated heterocycles. The molecule has 1 aliphatic heterocycles. The highest BCUT2D eigenvalue weighted by Crippen LogP contribution is 2.13. The Morgan fingerprint density at radius 1 is 1.44 bits per heavy atom. The average Bonchev–Trinajstić information content (AvgIpc) is 2.46. The molecule has 0 saturated carbocycles. The zero-order valence-electron chi connectivity index (χ0n) is 10.6. The van der Waals surface area contributed by atoms with E-state index >= 15 is 0 Å². The number of carbonyl (C=O) groups excluding carboxylic acids is 1. The first kappa shape index (κ1) is 12.8. The molecule has 5 nitrogen and oxygen atoms in total. The third-order valence-electron chi connectivity index (χ3n) is 2.99. The van der Waals surface area contributed by atoms with E-state index in [1.807, 2.05) is 18.3 Å². The van der Waals surface area contributed by atoms with Gasteiger partial charge in [0, 0.05) is 25.7 Å². The number of hydrogen-bond donors (Lipinski definition) is 0. The maximum Gasteiger partial charge on any atom is 0.305 e. The highest BCUT2D eigenvalue weighted by atomic mass is 16.5. The van der Waals surface area contributed by atoms with Gasteiger partial charge in [-0.25, -0.2) is 4.98 Å². The van der Waals surface area contributed by atoms with Gasteiger partial charge in [-0.05, 0) is 18.1 Å². The molecule has 0 aromatic carbocycles. The van der Waals surface area contributed by atoms with Crippen LogP contribution in [-0.2, 0) is 20.7 Å². The van der Waals surface area contributed by atoms with Crippen molar-refractivity contribution < 1.29 is 14.3 Å². The second kappa shape index (κ2) is 6.35. The average molecular weight is 250 g/mol. The summed E-state index contributed by atoms with van der Waals surface area (Å²) in [5, 5.41) is 0. The summed E-state index contributed by atoms with van der Waals surface area (Å²) in [5.74, 6) is 0.785. The van der Waals surface area contributed by atoms with Gasteiger partial charge < -0.3 is 14.4 Å². The smallest absolute Gasteiger partial charge is 0.305 e. The molecule has 0 spiro atoms. The topological polar surface area (TPSA) is 51.7 Å². The Kier molecular flexibility index (Phi) is 4.52. The highest BCUT2D eigenvalue weighted by molar-refractivity contribution is 5.69. The van der Waals surface area contributed by atoms with Gasteiger partial charge in [0.2, 0.25) is 0 Å². The zero-order chi connectivity index (χ0) is 12.8. The van der Waals surface area contributed by atoms with Crippen LogP contribution in [0.1, 0.15) is 12.0 Å². The van der Waals surface area contributed by atoms with Gasteiger partial charge in [-0.15, -0.1) is 0 Å². The van der Waals surface area contributed by atoms with Crippen molar-refractivity contribution >= 4 is 11.8 Å². The Morgan fingerprint density at radius 3 is 2.83 bits per heavy atom. The molecule has 1 fully saturated rings. The van der Waals surface area contributed by atoms with Crippen molar-refractivity contribution in [2.75, 3.05) is 38.3 Å². The van der Waals surface area contributed by atoms with Crippen molar-refractivity contribution in [2.45, 2.75) is 12.8 Å². The Bertz CT molecular complexity index is 386. The third-order valence-corrected chi connectivity index (χ3v) is 2.99. The largest absolute Gasteiger partial charge is 0.469 e. The van der Waals surface area contributed by atoms with Crippen LogP contribution in [0.4, 0.5) is 5.82 Å². The highest BCUT2D eigenvalue weighted by Gasteiger charge is 2.12. The molecule has 18 heavy (non-hydrogen) atoms. The molecular weight excluding hydrogens is 232 g/mol. The summed E-state index contributed by atoms with van der Waals surface area (Å²) in [6.45, 7) is 3.28. The van der Waals surface area contributed by atoms with Gasteiger partial charge in [0.25, 0.3) is 0 Å². The third kappa shape index (κ3) is 3.43. The molecule has 0 radical (unpaired) electrons. The molecule has 0 unspecified atom stereocenters. The van der Waals surface area contributed by atoms with Crippen LogP contribution in [0, 0.1) is 0 Å². The lowest BCUT2D eigenvalue weighted by Gasteiger charge is -2.27. The van der Waals surface area contributed by atoms with Gasteiger partial charge in [0.1, 0.15) is 5.82 Å². The van der Waals surface area contributed by atoms with E-state index in [2.05, 4.69) is 14.6 Å². The normalized spacial score (nSPS) is 15.5. The number of hydrogen-bond acceptors (Lipinski definition) is 5. The van der Waals surface area contributed by atoms with Crippen LogP contribution in [0.2, 0.25) is 0 Å². The van der Waals surface area contributed by atoms with Crippen molar-refractivity contribution in [1.82, 2.24) is 4.98 Å². The minimum absolute atomic E-state index is 0.188. The monoisotopic (exact) mass is 250 g/mol. The summed E-state index contributed by atoms with van der Waals surface area (Å²) in [6, 6.07) is 4.01. The summed E-state index contributed by atoms with van der Waals surface area (Å²) in [5.41, 5.74) is 1.05. The molecule has 5 heteroatoms. The fourth-order valence-electron chi connectivity index (χ4n) is 1.89. The van der Waals surface area contributed by atoms with Crippen molar-refractivity contribution in [3.8, 4) is 0 Å². The molecule has 0 aliphatic carbocycles. The number of methoxy groups -OCH3 is 1. The fourth-order valence-corrected chi connectivity index (χ4v) is 1.89. The molecular formula is C13H18N2O3. The first-order chi connectivity index (χ1) is 8.79. The van der Waals surface area contributed by atoms with Crippen LogP contribution in [-0.4, -0.2) is 44.4 Å². The molecule has 0 N–H and O–H groups in total. The Balaban J connectivity index is 1.90. The molecule has 1 aromatic rings. The molecule has 0 amide bonds. The van der Waals surface area contributed by atoms with Crippen LogP contribution in [0.5, 0.6) is 0 Å².